The van der Waals surface area contributed by atoms with Crippen LogP contribution < -0.4 is 5.73 Å². The molecule has 0 saturated carbocycles. The highest BCUT2D eigenvalue weighted by Gasteiger charge is 2.23. The standard InChI is InChI=1S/C14H15F2N3S/c15-9-2-1-3-10(16)13(9)14-18-11-4-6-19(7-5-17)8-12(11)20-14/h1-3H,4-8,17H2. The van der Waals surface area contributed by atoms with E-state index in [1.165, 1.54) is 29.5 Å². The number of hydrogen-bond donors (Lipinski definition) is 1. The maximum Gasteiger partial charge on any atom is 0.136 e. The minimum Gasteiger partial charge on any atom is -0.329 e. The van der Waals surface area contributed by atoms with E-state index in [1.54, 1.807) is 0 Å². The van der Waals surface area contributed by atoms with Crippen molar-refractivity contribution in [1.82, 2.24) is 9.88 Å². The zero-order chi connectivity index (χ0) is 14.1. The molecule has 0 spiro atoms. The molecule has 106 valence electrons. The Kier molecular flexibility index (Phi) is 3.78. The van der Waals surface area contributed by atoms with E-state index >= 15 is 0 Å². The summed E-state index contributed by atoms with van der Waals surface area (Å²) in [5, 5.41) is 0.431. The number of rotatable bonds is 3. The Morgan fingerprint density at radius 3 is 2.75 bits per heavy atom. The van der Waals surface area contributed by atoms with Crippen LogP contribution in [-0.4, -0.2) is 29.5 Å². The van der Waals surface area contributed by atoms with Crippen LogP contribution >= 0.6 is 11.3 Å². The van der Waals surface area contributed by atoms with E-state index in [4.69, 9.17) is 5.73 Å². The Morgan fingerprint density at radius 2 is 2.05 bits per heavy atom. The third kappa shape index (κ3) is 2.46. The van der Waals surface area contributed by atoms with Gasteiger partial charge >= 0.3 is 0 Å². The lowest BCUT2D eigenvalue weighted by molar-refractivity contribution is 0.263. The lowest BCUT2D eigenvalue weighted by atomic mass is 10.1. The summed E-state index contributed by atoms with van der Waals surface area (Å²) in [7, 11) is 0. The third-order valence-corrected chi connectivity index (χ3v) is 4.53. The second-order valence-corrected chi connectivity index (χ2v) is 5.88. The van der Waals surface area contributed by atoms with Gasteiger partial charge in [0.15, 0.2) is 0 Å². The number of nitrogens with zero attached hydrogens (tertiary/aromatic N) is 2. The number of aromatic nitrogens is 1. The van der Waals surface area contributed by atoms with Gasteiger partial charge < -0.3 is 5.73 Å². The Hall–Kier alpha value is -1.37. The van der Waals surface area contributed by atoms with Gasteiger partial charge in [-0.25, -0.2) is 13.8 Å². The zero-order valence-corrected chi connectivity index (χ0v) is 11.7. The molecule has 2 aromatic rings. The van der Waals surface area contributed by atoms with Crippen molar-refractivity contribution in [3.05, 3.63) is 40.4 Å². The topological polar surface area (TPSA) is 42.1 Å². The molecule has 1 aromatic heterocycles. The predicted molar refractivity (Wildman–Crippen MR) is 75.5 cm³/mol. The van der Waals surface area contributed by atoms with Gasteiger partial charge in [0, 0.05) is 37.5 Å². The molecule has 0 radical (unpaired) electrons. The first-order valence-corrected chi connectivity index (χ1v) is 7.36. The van der Waals surface area contributed by atoms with Crippen LogP contribution in [0.2, 0.25) is 0 Å². The van der Waals surface area contributed by atoms with E-state index in [1.807, 2.05) is 0 Å². The smallest absolute Gasteiger partial charge is 0.136 e. The van der Waals surface area contributed by atoms with Crippen molar-refractivity contribution in [3.63, 3.8) is 0 Å². The minimum absolute atomic E-state index is 0.0164. The molecule has 0 bridgehead atoms. The summed E-state index contributed by atoms with van der Waals surface area (Å²) >= 11 is 1.37. The molecule has 3 nitrogen and oxygen atoms in total. The van der Waals surface area contributed by atoms with Crippen LogP contribution in [-0.2, 0) is 13.0 Å². The molecule has 20 heavy (non-hydrogen) atoms. The Morgan fingerprint density at radius 1 is 1.30 bits per heavy atom. The molecule has 3 rings (SSSR count). The van der Waals surface area contributed by atoms with Gasteiger partial charge in [0.25, 0.3) is 0 Å². The van der Waals surface area contributed by atoms with Crippen molar-refractivity contribution in [2.24, 2.45) is 5.73 Å². The van der Waals surface area contributed by atoms with Crippen LogP contribution in [0.1, 0.15) is 10.6 Å². The second kappa shape index (κ2) is 5.55. The lowest BCUT2D eigenvalue weighted by Crippen LogP contribution is -2.33. The number of nitrogens with two attached hydrogens (primary N) is 1. The summed E-state index contributed by atoms with van der Waals surface area (Å²) in [5.41, 5.74) is 6.51. The van der Waals surface area contributed by atoms with E-state index in [9.17, 15) is 8.78 Å². The number of hydrogen-bond acceptors (Lipinski definition) is 4. The summed E-state index contributed by atoms with van der Waals surface area (Å²) < 4.78 is 27.6. The molecule has 0 aliphatic carbocycles. The lowest BCUT2D eigenvalue weighted by Gasteiger charge is -2.24. The van der Waals surface area contributed by atoms with Crippen molar-refractivity contribution < 1.29 is 8.78 Å². The Labute approximate surface area is 120 Å². The largest absolute Gasteiger partial charge is 0.329 e. The van der Waals surface area contributed by atoms with E-state index in [0.29, 0.717) is 11.6 Å². The first-order chi connectivity index (χ1) is 9.69. The zero-order valence-electron chi connectivity index (χ0n) is 10.9. The normalized spacial score (nSPS) is 15.3. The first kappa shape index (κ1) is 13.6. The van der Waals surface area contributed by atoms with Crippen molar-refractivity contribution in [2.45, 2.75) is 13.0 Å². The monoisotopic (exact) mass is 295 g/mol. The minimum atomic E-state index is -0.560. The third-order valence-electron chi connectivity index (χ3n) is 3.43. The fourth-order valence-electron chi connectivity index (χ4n) is 2.43. The molecular formula is C14H15F2N3S. The van der Waals surface area contributed by atoms with Gasteiger partial charge in [0.05, 0.1) is 11.3 Å². The summed E-state index contributed by atoms with van der Waals surface area (Å²) in [6, 6.07) is 3.89. The van der Waals surface area contributed by atoms with Crippen LogP contribution in [0, 0.1) is 11.6 Å². The first-order valence-electron chi connectivity index (χ1n) is 6.54. The average molecular weight is 295 g/mol. The number of fused-ring (bicyclic) bond motifs is 1. The molecule has 6 heteroatoms. The summed E-state index contributed by atoms with van der Waals surface area (Å²) in [4.78, 5) is 7.74. The highest BCUT2D eigenvalue weighted by Crippen LogP contribution is 2.34. The van der Waals surface area contributed by atoms with Crippen LogP contribution in [0.5, 0.6) is 0 Å². The molecule has 2 heterocycles. The van der Waals surface area contributed by atoms with E-state index in [0.717, 1.165) is 36.6 Å². The van der Waals surface area contributed by atoms with Crippen molar-refractivity contribution in [1.29, 1.82) is 0 Å². The Bertz CT molecular complexity index is 607. The van der Waals surface area contributed by atoms with Gasteiger partial charge in [0.1, 0.15) is 16.6 Å². The highest BCUT2D eigenvalue weighted by atomic mass is 32.1. The maximum absolute atomic E-state index is 13.8. The van der Waals surface area contributed by atoms with Crippen LogP contribution in [0.4, 0.5) is 8.78 Å². The quantitative estimate of drug-likeness (QED) is 0.945. The van der Waals surface area contributed by atoms with Crippen LogP contribution in [0.3, 0.4) is 0 Å². The molecule has 0 fully saturated rings. The van der Waals surface area contributed by atoms with Crippen LogP contribution in [0.25, 0.3) is 10.6 Å². The number of benzene rings is 1. The molecule has 1 aliphatic heterocycles. The molecule has 1 aromatic carbocycles. The van der Waals surface area contributed by atoms with Crippen molar-refractivity contribution in [2.75, 3.05) is 19.6 Å². The van der Waals surface area contributed by atoms with Crippen molar-refractivity contribution >= 4 is 11.3 Å². The molecule has 0 atom stereocenters. The molecule has 1 aliphatic rings. The van der Waals surface area contributed by atoms with Crippen molar-refractivity contribution in [3.8, 4) is 10.6 Å². The molecule has 0 unspecified atom stereocenters. The average Bonchev–Trinajstić information content (AvgIpc) is 2.81. The summed E-state index contributed by atoms with van der Waals surface area (Å²) in [6.45, 7) is 3.11. The van der Waals surface area contributed by atoms with E-state index in [2.05, 4.69) is 9.88 Å². The SMILES string of the molecule is NCCN1CCc2nc(-c3c(F)cccc3F)sc2C1. The van der Waals surface area contributed by atoms with Gasteiger partial charge in [0.2, 0.25) is 0 Å². The number of thiazole rings is 1. The van der Waals surface area contributed by atoms with Crippen LogP contribution in [0.15, 0.2) is 18.2 Å². The molecule has 0 amide bonds. The highest BCUT2D eigenvalue weighted by molar-refractivity contribution is 7.15. The molecule has 2 N–H and O–H groups in total. The fraction of sp³-hybridized carbons (Fsp3) is 0.357. The van der Waals surface area contributed by atoms with Gasteiger partial charge in [-0.2, -0.15) is 0 Å². The second-order valence-electron chi connectivity index (χ2n) is 4.80. The van der Waals surface area contributed by atoms with E-state index < -0.39 is 11.6 Å². The maximum atomic E-state index is 13.8. The molecular weight excluding hydrogens is 280 g/mol. The predicted octanol–water partition coefficient (Wildman–Crippen LogP) is 2.41. The van der Waals surface area contributed by atoms with Gasteiger partial charge in [-0.3, -0.25) is 4.90 Å². The number of halogens is 2. The summed E-state index contributed by atoms with van der Waals surface area (Å²) in [6.07, 6.45) is 0.807. The van der Waals surface area contributed by atoms with Gasteiger partial charge in [-0.05, 0) is 12.1 Å². The van der Waals surface area contributed by atoms with E-state index in [-0.39, 0.29) is 5.56 Å². The molecule has 0 saturated heterocycles. The summed E-state index contributed by atoms with van der Waals surface area (Å²) in [5.74, 6) is -1.12. The van der Waals surface area contributed by atoms with Gasteiger partial charge in [-0.1, -0.05) is 6.07 Å². The van der Waals surface area contributed by atoms with Gasteiger partial charge in [-0.15, -0.1) is 11.3 Å². The fourth-order valence-corrected chi connectivity index (χ4v) is 3.63. The Balaban J connectivity index is 1.95.